The van der Waals surface area contributed by atoms with Gasteiger partial charge in [-0.05, 0) is 30.5 Å². The Morgan fingerprint density at radius 2 is 1.67 bits per heavy atom. The van der Waals surface area contributed by atoms with E-state index in [1.165, 1.54) is 5.56 Å². The Balaban J connectivity index is 0.00000288. The van der Waals surface area contributed by atoms with Crippen LogP contribution in [0.2, 0.25) is 0 Å². The van der Waals surface area contributed by atoms with Crippen molar-refractivity contribution in [3.63, 3.8) is 0 Å². The standard InChI is InChI=1S/C19H25N3O.ClH/c1-15-7-6-8-16(2)19(15)21-18(23)14-22(12-11-20)13-17-9-4-3-5-10-17;/h3-10H,11-14,20H2,1-2H3,(H,21,23);1H. The molecule has 0 aliphatic rings. The molecule has 2 aromatic carbocycles. The zero-order valence-electron chi connectivity index (χ0n) is 14.3. The molecule has 0 radical (unpaired) electrons. The molecular formula is C19H26ClN3O. The van der Waals surface area contributed by atoms with Crippen LogP contribution in [0.3, 0.4) is 0 Å². The maximum absolute atomic E-state index is 12.4. The first kappa shape index (κ1) is 20.2. The average Bonchev–Trinajstić information content (AvgIpc) is 2.52. The predicted molar refractivity (Wildman–Crippen MR) is 103 cm³/mol. The molecule has 0 aromatic heterocycles. The molecule has 24 heavy (non-hydrogen) atoms. The lowest BCUT2D eigenvalue weighted by molar-refractivity contribution is -0.117. The molecule has 5 heteroatoms. The Morgan fingerprint density at radius 3 is 2.25 bits per heavy atom. The number of rotatable bonds is 7. The van der Waals surface area contributed by atoms with Gasteiger partial charge in [-0.1, -0.05) is 48.5 Å². The number of aryl methyl sites for hydroxylation is 2. The van der Waals surface area contributed by atoms with Crippen molar-refractivity contribution in [1.82, 2.24) is 4.90 Å². The van der Waals surface area contributed by atoms with Crippen molar-refractivity contribution in [2.75, 3.05) is 25.0 Å². The summed E-state index contributed by atoms with van der Waals surface area (Å²) in [6.07, 6.45) is 0. The van der Waals surface area contributed by atoms with Crippen LogP contribution < -0.4 is 11.1 Å². The van der Waals surface area contributed by atoms with Crippen LogP contribution in [0.5, 0.6) is 0 Å². The van der Waals surface area contributed by atoms with Crippen LogP contribution in [0.15, 0.2) is 48.5 Å². The number of hydrogen-bond donors (Lipinski definition) is 2. The molecule has 4 nitrogen and oxygen atoms in total. The first-order chi connectivity index (χ1) is 11.1. The zero-order chi connectivity index (χ0) is 16.7. The van der Waals surface area contributed by atoms with Gasteiger partial charge >= 0.3 is 0 Å². The van der Waals surface area contributed by atoms with Crippen LogP contribution in [-0.4, -0.2) is 30.4 Å². The minimum atomic E-state index is -0.00761. The Morgan fingerprint density at radius 1 is 1.04 bits per heavy atom. The number of halogens is 1. The maximum Gasteiger partial charge on any atom is 0.238 e. The lowest BCUT2D eigenvalue weighted by Gasteiger charge is -2.21. The highest BCUT2D eigenvalue weighted by atomic mass is 35.5. The van der Waals surface area contributed by atoms with Crippen LogP contribution in [-0.2, 0) is 11.3 Å². The Bertz CT molecular complexity index is 626. The summed E-state index contributed by atoms with van der Waals surface area (Å²) in [7, 11) is 0. The van der Waals surface area contributed by atoms with Crippen molar-refractivity contribution in [3.8, 4) is 0 Å². The van der Waals surface area contributed by atoms with Gasteiger partial charge in [-0.15, -0.1) is 12.4 Å². The molecule has 0 saturated carbocycles. The first-order valence-corrected chi connectivity index (χ1v) is 7.92. The number of nitrogens with zero attached hydrogens (tertiary/aromatic N) is 1. The SMILES string of the molecule is Cc1cccc(C)c1NC(=O)CN(CCN)Cc1ccccc1.Cl. The largest absolute Gasteiger partial charge is 0.329 e. The van der Waals surface area contributed by atoms with Crippen LogP contribution in [0, 0.1) is 13.8 Å². The highest BCUT2D eigenvalue weighted by Gasteiger charge is 2.12. The summed E-state index contributed by atoms with van der Waals surface area (Å²) in [5.41, 5.74) is 9.93. The molecule has 3 N–H and O–H groups in total. The lowest BCUT2D eigenvalue weighted by Crippen LogP contribution is -2.36. The van der Waals surface area contributed by atoms with Crippen molar-refractivity contribution in [2.24, 2.45) is 5.73 Å². The molecule has 0 unspecified atom stereocenters. The van der Waals surface area contributed by atoms with E-state index in [4.69, 9.17) is 5.73 Å². The number of nitrogens with two attached hydrogens (primary N) is 1. The molecule has 1 amide bonds. The number of carbonyl (C=O) groups is 1. The number of nitrogens with one attached hydrogen (secondary N) is 1. The van der Waals surface area contributed by atoms with E-state index in [0.717, 1.165) is 23.4 Å². The van der Waals surface area contributed by atoms with E-state index in [1.807, 2.05) is 50.2 Å². The Kier molecular flexibility index (Phi) is 8.47. The van der Waals surface area contributed by atoms with Gasteiger partial charge in [0, 0.05) is 25.3 Å². The van der Waals surface area contributed by atoms with E-state index < -0.39 is 0 Å². The monoisotopic (exact) mass is 347 g/mol. The van der Waals surface area contributed by atoms with Gasteiger partial charge in [0.05, 0.1) is 6.54 Å². The fourth-order valence-electron chi connectivity index (χ4n) is 2.63. The van der Waals surface area contributed by atoms with Crippen LogP contribution in [0.4, 0.5) is 5.69 Å². The number of benzene rings is 2. The summed E-state index contributed by atoms with van der Waals surface area (Å²) in [5, 5.41) is 3.03. The quantitative estimate of drug-likeness (QED) is 0.809. The molecule has 0 saturated heterocycles. The molecule has 0 aliphatic heterocycles. The molecule has 0 aliphatic carbocycles. The first-order valence-electron chi connectivity index (χ1n) is 7.92. The van der Waals surface area contributed by atoms with Gasteiger partial charge in [0.2, 0.25) is 5.91 Å². The van der Waals surface area contributed by atoms with Gasteiger partial charge in [0.25, 0.3) is 0 Å². The van der Waals surface area contributed by atoms with E-state index >= 15 is 0 Å². The van der Waals surface area contributed by atoms with Crippen LogP contribution >= 0.6 is 12.4 Å². The Hall–Kier alpha value is -1.88. The third-order valence-corrected chi connectivity index (χ3v) is 3.81. The molecule has 0 spiro atoms. The van der Waals surface area contributed by atoms with E-state index in [0.29, 0.717) is 19.6 Å². The summed E-state index contributed by atoms with van der Waals surface area (Å²) < 4.78 is 0. The van der Waals surface area contributed by atoms with Crippen molar-refractivity contribution in [1.29, 1.82) is 0 Å². The van der Waals surface area contributed by atoms with Gasteiger partial charge in [0.1, 0.15) is 0 Å². The molecular weight excluding hydrogens is 322 g/mol. The normalized spacial score (nSPS) is 10.3. The van der Waals surface area contributed by atoms with Crippen molar-refractivity contribution < 1.29 is 4.79 Å². The summed E-state index contributed by atoms with van der Waals surface area (Å²) in [6.45, 7) is 6.28. The van der Waals surface area contributed by atoms with Gasteiger partial charge in [0.15, 0.2) is 0 Å². The molecule has 0 fully saturated rings. The zero-order valence-corrected chi connectivity index (χ0v) is 15.1. The minimum absolute atomic E-state index is 0. The van der Waals surface area contributed by atoms with E-state index in [-0.39, 0.29) is 18.3 Å². The smallest absolute Gasteiger partial charge is 0.238 e. The van der Waals surface area contributed by atoms with E-state index in [9.17, 15) is 4.79 Å². The second-order valence-corrected chi connectivity index (χ2v) is 5.80. The van der Waals surface area contributed by atoms with E-state index in [2.05, 4.69) is 22.3 Å². The lowest BCUT2D eigenvalue weighted by atomic mass is 10.1. The second-order valence-electron chi connectivity index (χ2n) is 5.80. The molecule has 2 rings (SSSR count). The molecule has 0 bridgehead atoms. The summed E-state index contributed by atoms with van der Waals surface area (Å²) in [6, 6.07) is 16.1. The molecule has 130 valence electrons. The van der Waals surface area contributed by atoms with Gasteiger partial charge in [-0.25, -0.2) is 0 Å². The van der Waals surface area contributed by atoms with Gasteiger partial charge < -0.3 is 11.1 Å². The minimum Gasteiger partial charge on any atom is -0.329 e. The average molecular weight is 348 g/mol. The van der Waals surface area contributed by atoms with Gasteiger partial charge in [-0.3, -0.25) is 9.69 Å². The number of para-hydroxylation sites is 1. The summed E-state index contributed by atoms with van der Waals surface area (Å²) >= 11 is 0. The van der Waals surface area contributed by atoms with Crippen molar-refractivity contribution in [2.45, 2.75) is 20.4 Å². The Labute approximate surface area is 150 Å². The molecule has 2 aromatic rings. The fraction of sp³-hybridized carbons (Fsp3) is 0.316. The number of amides is 1. The topological polar surface area (TPSA) is 58.4 Å². The second kappa shape index (κ2) is 10.1. The molecule has 0 atom stereocenters. The van der Waals surface area contributed by atoms with Gasteiger partial charge in [-0.2, -0.15) is 0 Å². The summed E-state index contributed by atoms with van der Waals surface area (Å²) in [4.78, 5) is 14.5. The van der Waals surface area contributed by atoms with E-state index in [1.54, 1.807) is 0 Å². The number of hydrogen-bond acceptors (Lipinski definition) is 3. The maximum atomic E-state index is 12.4. The van der Waals surface area contributed by atoms with Crippen molar-refractivity contribution in [3.05, 3.63) is 65.2 Å². The number of carbonyl (C=O) groups excluding carboxylic acids is 1. The predicted octanol–water partition coefficient (Wildman–Crippen LogP) is 3.12. The van der Waals surface area contributed by atoms with Crippen LogP contribution in [0.1, 0.15) is 16.7 Å². The highest BCUT2D eigenvalue weighted by Crippen LogP contribution is 2.19. The third-order valence-electron chi connectivity index (χ3n) is 3.81. The molecule has 0 heterocycles. The van der Waals surface area contributed by atoms with Crippen molar-refractivity contribution >= 4 is 24.0 Å². The number of anilines is 1. The van der Waals surface area contributed by atoms with Crippen LogP contribution in [0.25, 0.3) is 0 Å². The highest BCUT2D eigenvalue weighted by molar-refractivity contribution is 5.93. The summed E-state index contributed by atoms with van der Waals surface area (Å²) in [5.74, 6) is -0.00761. The third kappa shape index (κ3) is 5.96. The fourth-order valence-corrected chi connectivity index (χ4v) is 2.63.